The van der Waals surface area contributed by atoms with Crippen LogP contribution in [0, 0.1) is 5.41 Å². The van der Waals surface area contributed by atoms with Gasteiger partial charge in [-0.2, -0.15) is 0 Å². The predicted octanol–water partition coefficient (Wildman–Crippen LogP) is 2.64. The minimum atomic E-state index is 0.550. The fourth-order valence-corrected chi connectivity index (χ4v) is 3.73. The van der Waals surface area contributed by atoms with Gasteiger partial charge in [0.15, 0.2) is 0 Å². The molecule has 1 aliphatic carbocycles. The highest BCUT2D eigenvalue weighted by molar-refractivity contribution is 4.94. The number of nitrogens with one attached hydrogen (secondary N) is 1. The molecule has 0 radical (unpaired) electrons. The molecule has 2 atom stereocenters. The van der Waals surface area contributed by atoms with Crippen LogP contribution in [0.25, 0.3) is 0 Å². The van der Waals surface area contributed by atoms with Gasteiger partial charge in [0.1, 0.15) is 0 Å². The van der Waals surface area contributed by atoms with E-state index in [0.717, 1.165) is 18.6 Å². The Morgan fingerprint density at radius 3 is 2.69 bits per heavy atom. The summed E-state index contributed by atoms with van der Waals surface area (Å²) in [5, 5.41) is 3.62. The molecular weight excluding hydrogens is 196 g/mol. The number of piperidine rings is 1. The average molecular weight is 224 g/mol. The number of hydrogen-bond acceptors (Lipinski definition) is 2. The number of nitrogens with zero attached hydrogens (tertiary/aromatic N) is 1. The van der Waals surface area contributed by atoms with Gasteiger partial charge in [-0.1, -0.05) is 27.2 Å². The monoisotopic (exact) mass is 224 g/mol. The average Bonchev–Trinajstić information content (AvgIpc) is 2.59. The van der Waals surface area contributed by atoms with E-state index in [-0.39, 0.29) is 0 Å². The van der Waals surface area contributed by atoms with E-state index in [2.05, 4.69) is 31.0 Å². The lowest BCUT2D eigenvalue weighted by atomic mass is 9.85. The lowest BCUT2D eigenvalue weighted by Crippen LogP contribution is -2.52. The van der Waals surface area contributed by atoms with Crippen molar-refractivity contribution < 1.29 is 0 Å². The molecule has 2 aliphatic rings. The van der Waals surface area contributed by atoms with E-state index in [1.165, 1.54) is 45.2 Å². The van der Waals surface area contributed by atoms with Gasteiger partial charge in [0.25, 0.3) is 0 Å². The van der Waals surface area contributed by atoms with Crippen molar-refractivity contribution in [2.45, 2.75) is 65.0 Å². The molecule has 2 fully saturated rings. The zero-order chi connectivity index (χ0) is 11.6. The molecule has 0 bridgehead atoms. The van der Waals surface area contributed by atoms with Crippen LogP contribution in [-0.2, 0) is 0 Å². The van der Waals surface area contributed by atoms with Crippen molar-refractivity contribution in [1.29, 1.82) is 0 Å². The third-order valence-corrected chi connectivity index (χ3v) is 4.59. The van der Waals surface area contributed by atoms with Crippen molar-refractivity contribution in [2.24, 2.45) is 5.41 Å². The summed E-state index contributed by atoms with van der Waals surface area (Å²) in [5.74, 6) is 0. The molecule has 0 spiro atoms. The summed E-state index contributed by atoms with van der Waals surface area (Å²) in [6, 6.07) is 1.59. The Hall–Kier alpha value is -0.0800. The Labute approximate surface area is 101 Å². The first-order chi connectivity index (χ1) is 7.63. The molecule has 2 heteroatoms. The smallest absolute Gasteiger partial charge is 0.0195 e. The second-order valence-electron chi connectivity index (χ2n) is 6.29. The van der Waals surface area contributed by atoms with Crippen LogP contribution < -0.4 is 5.32 Å². The Morgan fingerprint density at radius 2 is 2.06 bits per heavy atom. The fraction of sp³-hybridized carbons (Fsp3) is 1.00. The van der Waals surface area contributed by atoms with Gasteiger partial charge < -0.3 is 5.32 Å². The number of likely N-dealkylation sites (N-methyl/N-ethyl adjacent to an activating group) is 1. The minimum absolute atomic E-state index is 0.550. The van der Waals surface area contributed by atoms with Crippen LogP contribution in [0.1, 0.15) is 52.9 Å². The molecule has 0 aromatic rings. The van der Waals surface area contributed by atoms with Crippen molar-refractivity contribution in [1.82, 2.24) is 10.2 Å². The van der Waals surface area contributed by atoms with Gasteiger partial charge in [-0.25, -0.2) is 0 Å². The summed E-state index contributed by atoms with van der Waals surface area (Å²) >= 11 is 0. The molecule has 2 nitrogen and oxygen atoms in total. The Morgan fingerprint density at radius 1 is 1.25 bits per heavy atom. The van der Waals surface area contributed by atoms with E-state index in [1.54, 1.807) is 0 Å². The normalized spacial score (nSPS) is 35.4. The molecule has 1 saturated carbocycles. The molecule has 0 aromatic carbocycles. The Kier molecular flexibility index (Phi) is 3.91. The first-order valence-electron chi connectivity index (χ1n) is 7.11. The van der Waals surface area contributed by atoms with Crippen molar-refractivity contribution in [3.05, 3.63) is 0 Å². The zero-order valence-electron chi connectivity index (χ0n) is 11.3. The number of rotatable bonds is 3. The van der Waals surface area contributed by atoms with E-state index in [9.17, 15) is 0 Å². The number of hydrogen-bond donors (Lipinski definition) is 1. The topological polar surface area (TPSA) is 15.3 Å². The summed E-state index contributed by atoms with van der Waals surface area (Å²) < 4.78 is 0. The highest BCUT2D eigenvalue weighted by Crippen LogP contribution is 2.41. The molecule has 0 aromatic heterocycles. The van der Waals surface area contributed by atoms with Gasteiger partial charge in [-0.3, -0.25) is 4.90 Å². The van der Waals surface area contributed by atoms with Crippen LogP contribution in [-0.4, -0.2) is 36.6 Å². The molecule has 1 aliphatic heterocycles. The maximum absolute atomic E-state index is 3.62. The second kappa shape index (κ2) is 5.05. The summed E-state index contributed by atoms with van der Waals surface area (Å²) in [6.07, 6.45) is 7.02. The van der Waals surface area contributed by atoms with E-state index in [4.69, 9.17) is 0 Å². The van der Waals surface area contributed by atoms with Crippen molar-refractivity contribution in [3.8, 4) is 0 Å². The minimum Gasteiger partial charge on any atom is -0.313 e. The van der Waals surface area contributed by atoms with Crippen LogP contribution in [0.2, 0.25) is 0 Å². The molecular formula is C14H28N2. The standard InChI is InChI=1S/C14H28N2/c1-4-15-12-7-6-10-16(11-12)13-8-5-9-14(13,2)3/h12-13,15H,4-11H2,1-3H3. The van der Waals surface area contributed by atoms with Gasteiger partial charge in [0, 0.05) is 18.6 Å². The van der Waals surface area contributed by atoms with Gasteiger partial charge >= 0.3 is 0 Å². The third kappa shape index (κ3) is 2.60. The van der Waals surface area contributed by atoms with Gasteiger partial charge in [0.05, 0.1) is 0 Å². The largest absolute Gasteiger partial charge is 0.313 e. The Bertz CT molecular complexity index is 223. The summed E-state index contributed by atoms with van der Waals surface area (Å²) in [4.78, 5) is 2.77. The summed E-state index contributed by atoms with van der Waals surface area (Å²) in [6.45, 7) is 10.9. The van der Waals surface area contributed by atoms with E-state index in [1.807, 2.05) is 0 Å². The van der Waals surface area contributed by atoms with E-state index < -0.39 is 0 Å². The van der Waals surface area contributed by atoms with Gasteiger partial charge in [0.2, 0.25) is 0 Å². The van der Waals surface area contributed by atoms with Gasteiger partial charge in [-0.15, -0.1) is 0 Å². The maximum atomic E-state index is 3.62. The number of likely N-dealkylation sites (tertiary alicyclic amines) is 1. The van der Waals surface area contributed by atoms with Crippen molar-refractivity contribution in [2.75, 3.05) is 19.6 Å². The van der Waals surface area contributed by atoms with Crippen molar-refractivity contribution in [3.63, 3.8) is 0 Å². The summed E-state index contributed by atoms with van der Waals surface area (Å²) in [5.41, 5.74) is 0.550. The third-order valence-electron chi connectivity index (χ3n) is 4.59. The van der Waals surface area contributed by atoms with E-state index in [0.29, 0.717) is 5.41 Å². The van der Waals surface area contributed by atoms with Crippen LogP contribution in [0.3, 0.4) is 0 Å². The molecule has 16 heavy (non-hydrogen) atoms. The van der Waals surface area contributed by atoms with Crippen LogP contribution in [0.15, 0.2) is 0 Å². The highest BCUT2D eigenvalue weighted by Gasteiger charge is 2.39. The molecule has 0 amide bonds. The van der Waals surface area contributed by atoms with Crippen LogP contribution in [0.5, 0.6) is 0 Å². The molecule has 2 unspecified atom stereocenters. The SMILES string of the molecule is CCNC1CCCN(C2CCCC2(C)C)C1. The summed E-state index contributed by atoms with van der Waals surface area (Å²) in [7, 11) is 0. The maximum Gasteiger partial charge on any atom is 0.0195 e. The first-order valence-corrected chi connectivity index (χ1v) is 7.11. The fourth-order valence-electron chi connectivity index (χ4n) is 3.73. The second-order valence-corrected chi connectivity index (χ2v) is 6.29. The van der Waals surface area contributed by atoms with Gasteiger partial charge in [-0.05, 0) is 44.2 Å². The Balaban J connectivity index is 1.93. The lowest BCUT2D eigenvalue weighted by molar-refractivity contribution is 0.0779. The zero-order valence-corrected chi connectivity index (χ0v) is 11.3. The lowest BCUT2D eigenvalue weighted by Gasteiger charge is -2.42. The van der Waals surface area contributed by atoms with E-state index >= 15 is 0 Å². The molecule has 2 rings (SSSR count). The first kappa shape index (κ1) is 12.4. The molecule has 1 heterocycles. The van der Waals surface area contributed by atoms with Crippen LogP contribution in [0.4, 0.5) is 0 Å². The predicted molar refractivity (Wildman–Crippen MR) is 69.7 cm³/mol. The highest BCUT2D eigenvalue weighted by atomic mass is 15.2. The van der Waals surface area contributed by atoms with Crippen molar-refractivity contribution >= 4 is 0 Å². The molecule has 1 saturated heterocycles. The molecule has 1 N–H and O–H groups in total. The quantitative estimate of drug-likeness (QED) is 0.793. The molecule has 94 valence electrons. The van der Waals surface area contributed by atoms with Crippen LogP contribution >= 0.6 is 0 Å².